The topological polar surface area (TPSA) is 59.0 Å². The van der Waals surface area contributed by atoms with E-state index in [1.54, 1.807) is 6.20 Å². The first-order chi connectivity index (χ1) is 11.8. The van der Waals surface area contributed by atoms with E-state index in [1.807, 2.05) is 10.7 Å². The predicted molar refractivity (Wildman–Crippen MR) is 94.0 cm³/mol. The van der Waals surface area contributed by atoms with E-state index in [-0.39, 0.29) is 11.9 Å². The van der Waals surface area contributed by atoms with Crippen LogP contribution in [0.2, 0.25) is 0 Å². The molecule has 2 heterocycles. The average molecular weight is 324 g/mol. The van der Waals surface area contributed by atoms with Gasteiger partial charge in [-0.1, -0.05) is 24.3 Å². The maximum absolute atomic E-state index is 12.4. The molecule has 2 N–H and O–H groups in total. The number of aromatic nitrogens is 2. The molecule has 0 radical (unpaired) electrons. The maximum atomic E-state index is 12.4. The molecule has 126 valence electrons. The van der Waals surface area contributed by atoms with Crippen molar-refractivity contribution in [2.45, 2.75) is 50.6 Å². The minimum Gasteiger partial charge on any atom is -0.313 e. The minimum absolute atomic E-state index is 0.0697. The zero-order valence-electron chi connectivity index (χ0n) is 13.9. The molecule has 1 saturated heterocycles. The lowest BCUT2D eigenvalue weighted by molar-refractivity contribution is -0.116. The molecule has 1 aliphatic heterocycles. The first kappa shape index (κ1) is 15.4. The molecule has 4 rings (SSSR count). The zero-order valence-corrected chi connectivity index (χ0v) is 13.9. The Morgan fingerprint density at radius 3 is 3.04 bits per heavy atom. The summed E-state index contributed by atoms with van der Waals surface area (Å²) >= 11 is 0. The van der Waals surface area contributed by atoms with Crippen molar-refractivity contribution < 1.29 is 4.79 Å². The number of amides is 1. The van der Waals surface area contributed by atoms with Crippen molar-refractivity contribution in [1.82, 2.24) is 15.1 Å². The Hall–Kier alpha value is -2.14. The molecule has 2 atom stereocenters. The van der Waals surface area contributed by atoms with Gasteiger partial charge in [-0.3, -0.25) is 4.79 Å². The Kier molecular flexibility index (Phi) is 4.34. The van der Waals surface area contributed by atoms with E-state index in [1.165, 1.54) is 11.1 Å². The molecular weight excluding hydrogens is 300 g/mol. The van der Waals surface area contributed by atoms with Gasteiger partial charge in [0.1, 0.15) is 5.82 Å². The standard InChI is InChI=1S/C19H24N4O/c24-19(13-15-7-4-11-20-15)22-18-10-12-21-23(18)17-9-3-6-14-5-1-2-8-16(14)17/h1-2,5,8,10,12,15,17,20H,3-4,6-7,9,11,13H2,(H,22,24). The highest BCUT2D eigenvalue weighted by molar-refractivity contribution is 5.90. The highest BCUT2D eigenvalue weighted by Gasteiger charge is 2.24. The van der Waals surface area contributed by atoms with E-state index in [0.717, 1.165) is 44.5 Å². The van der Waals surface area contributed by atoms with Crippen LogP contribution in [-0.2, 0) is 11.2 Å². The third-order valence-electron chi connectivity index (χ3n) is 5.16. The van der Waals surface area contributed by atoms with E-state index >= 15 is 0 Å². The summed E-state index contributed by atoms with van der Waals surface area (Å²) in [5.41, 5.74) is 2.73. The number of nitrogens with zero attached hydrogens (tertiary/aromatic N) is 2. The van der Waals surface area contributed by atoms with Gasteiger partial charge in [-0.05, 0) is 49.8 Å². The molecule has 0 spiro atoms. The van der Waals surface area contributed by atoms with Gasteiger partial charge in [0, 0.05) is 18.5 Å². The highest BCUT2D eigenvalue weighted by atomic mass is 16.1. The Bertz CT molecular complexity index is 718. The normalized spacial score (nSPS) is 23.0. The first-order valence-corrected chi connectivity index (χ1v) is 8.96. The molecule has 5 nitrogen and oxygen atoms in total. The Morgan fingerprint density at radius 2 is 2.17 bits per heavy atom. The van der Waals surface area contributed by atoms with Crippen molar-refractivity contribution in [2.24, 2.45) is 0 Å². The third-order valence-corrected chi connectivity index (χ3v) is 5.16. The van der Waals surface area contributed by atoms with E-state index in [2.05, 4.69) is 40.0 Å². The molecular formula is C19H24N4O. The monoisotopic (exact) mass is 324 g/mol. The summed E-state index contributed by atoms with van der Waals surface area (Å²) in [6.45, 7) is 1.02. The molecule has 1 aromatic carbocycles. The Labute approximate surface area is 142 Å². The summed E-state index contributed by atoms with van der Waals surface area (Å²) in [5, 5.41) is 11.0. The van der Waals surface area contributed by atoms with Gasteiger partial charge in [-0.25, -0.2) is 4.68 Å². The molecule has 5 heteroatoms. The van der Waals surface area contributed by atoms with E-state index in [9.17, 15) is 4.79 Å². The molecule has 2 aromatic rings. The molecule has 1 fully saturated rings. The highest BCUT2D eigenvalue weighted by Crippen LogP contribution is 2.34. The second-order valence-corrected chi connectivity index (χ2v) is 6.81. The van der Waals surface area contributed by atoms with Gasteiger partial charge in [0.15, 0.2) is 0 Å². The summed E-state index contributed by atoms with van der Waals surface area (Å²) in [7, 11) is 0. The minimum atomic E-state index is 0.0697. The Morgan fingerprint density at radius 1 is 1.25 bits per heavy atom. The van der Waals surface area contributed by atoms with Crippen LogP contribution >= 0.6 is 0 Å². The van der Waals surface area contributed by atoms with Crippen LogP contribution in [0.25, 0.3) is 0 Å². The van der Waals surface area contributed by atoms with Crippen LogP contribution in [0.15, 0.2) is 36.5 Å². The molecule has 2 aliphatic rings. The molecule has 1 aromatic heterocycles. The van der Waals surface area contributed by atoms with E-state index in [0.29, 0.717) is 12.5 Å². The second-order valence-electron chi connectivity index (χ2n) is 6.81. The molecule has 1 amide bonds. The maximum Gasteiger partial charge on any atom is 0.227 e. The smallest absolute Gasteiger partial charge is 0.227 e. The number of aryl methyl sites for hydroxylation is 1. The molecule has 1 aliphatic carbocycles. The number of nitrogens with one attached hydrogen (secondary N) is 2. The van der Waals surface area contributed by atoms with E-state index < -0.39 is 0 Å². The average Bonchev–Trinajstić information content (AvgIpc) is 3.26. The third kappa shape index (κ3) is 3.08. The summed E-state index contributed by atoms with van der Waals surface area (Å²) in [6.07, 6.45) is 7.90. The van der Waals surface area contributed by atoms with Gasteiger partial charge >= 0.3 is 0 Å². The van der Waals surface area contributed by atoms with Crippen LogP contribution in [-0.4, -0.2) is 28.3 Å². The van der Waals surface area contributed by atoms with Crippen LogP contribution in [0.5, 0.6) is 0 Å². The summed E-state index contributed by atoms with van der Waals surface area (Å²) < 4.78 is 1.98. The zero-order chi connectivity index (χ0) is 16.4. The Balaban J connectivity index is 1.52. The van der Waals surface area contributed by atoms with Crippen LogP contribution in [0, 0.1) is 0 Å². The number of hydrogen-bond donors (Lipinski definition) is 2. The molecule has 24 heavy (non-hydrogen) atoms. The van der Waals surface area contributed by atoms with Crippen molar-refractivity contribution in [3.05, 3.63) is 47.7 Å². The first-order valence-electron chi connectivity index (χ1n) is 8.96. The fourth-order valence-corrected chi connectivity index (χ4v) is 3.99. The molecule has 2 unspecified atom stereocenters. The van der Waals surface area contributed by atoms with Gasteiger partial charge in [0.05, 0.1) is 12.2 Å². The van der Waals surface area contributed by atoms with Crippen molar-refractivity contribution in [1.29, 1.82) is 0 Å². The number of carbonyl (C=O) groups excluding carboxylic acids is 1. The summed E-state index contributed by atoms with van der Waals surface area (Å²) in [5.74, 6) is 0.875. The number of fused-ring (bicyclic) bond motifs is 1. The fraction of sp³-hybridized carbons (Fsp3) is 0.474. The molecule has 0 saturated carbocycles. The van der Waals surface area contributed by atoms with Gasteiger partial charge in [-0.2, -0.15) is 5.10 Å². The van der Waals surface area contributed by atoms with Crippen molar-refractivity contribution >= 4 is 11.7 Å². The van der Waals surface area contributed by atoms with Gasteiger partial charge in [-0.15, -0.1) is 0 Å². The van der Waals surface area contributed by atoms with Crippen LogP contribution in [0.1, 0.15) is 49.3 Å². The number of carbonyl (C=O) groups is 1. The van der Waals surface area contributed by atoms with Crippen LogP contribution in [0.3, 0.4) is 0 Å². The SMILES string of the molecule is O=C(CC1CCCN1)Nc1ccnn1C1CCCc2ccccc21. The van der Waals surface area contributed by atoms with Crippen molar-refractivity contribution in [2.75, 3.05) is 11.9 Å². The van der Waals surface area contributed by atoms with E-state index in [4.69, 9.17) is 0 Å². The predicted octanol–water partition coefficient (Wildman–Crippen LogP) is 2.89. The number of anilines is 1. The van der Waals surface area contributed by atoms with Crippen molar-refractivity contribution in [3.8, 4) is 0 Å². The number of hydrogen-bond acceptors (Lipinski definition) is 3. The van der Waals surface area contributed by atoms with Gasteiger partial charge in [0.2, 0.25) is 5.91 Å². The largest absolute Gasteiger partial charge is 0.313 e. The summed E-state index contributed by atoms with van der Waals surface area (Å²) in [6, 6.07) is 11.0. The number of rotatable bonds is 4. The van der Waals surface area contributed by atoms with Gasteiger partial charge in [0.25, 0.3) is 0 Å². The fourth-order valence-electron chi connectivity index (χ4n) is 3.99. The molecule has 0 bridgehead atoms. The van der Waals surface area contributed by atoms with Crippen LogP contribution in [0.4, 0.5) is 5.82 Å². The lowest BCUT2D eigenvalue weighted by Gasteiger charge is -2.27. The van der Waals surface area contributed by atoms with Crippen molar-refractivity contribution in [3.63, 3.8) is 0 Å². The second kappa shape index (κ2) is 6.77. The quantitative estimate of drug-likeness (QED) is 0.909. The van der Waals surface area contributed by atoms with Crippen LogP contribution < -0.4 is 10.6 Å². The number of benzene rings is 1. The summed E-state index contributed by atoms with van der Waals surface area (Å²) in [4.78, 5) is 12.4. The lowest BCUT2D eigenvalue weighted by Crippen LogP contribution is -2.28. The lowest BCUT2D eigenvalue weighted by atomic mass is 9.88. The van der Waals surface area contributed by atoms with Gasteiger partial charge < -0.3 is 10.6 Å².